The van der Waals surface area contributed by atoms with Gasteiger partial charge in [0, 0.05) is 38.2 Å². The average molecular weight is 583 g/mol. The van der Waals surface area contributed by atoms with Crippen LogP contribution in [0.25, 0.3) is 27.5 Å². The van der Waals surface area contributed by atoms with Gasteiger partial charge in [-0.3, -0.25) is 0 Å². The molecule has 3 heteroatoms. The van der Waals surface area contributed by atoms with Gasteiger partial charge in [0.05, 0.1) is 11.4 Å². The number of furan rings is 1. The van der Waals surface area contributed by atoms with E-state index >= 15 is 0 Å². The zero-order valence-electron chi connectivity index (χ0n) is 22.4. The molecule has 0 saturated heterocycles. The minimum absolute atomic E-state index is 0.175. The Morgan fingerprint density at radius 3 is 2.42 bits per heavy atom. The van der Waals surface area contributed by atoms with Crippen molar-refractivity contribution in [2.24, 2.45) is 11.8 Å². The van der Waals surface area contributed by atoms with E-state index in [0.29, 0.717) is 11.8 Å². The Kier molecular flexibility index (Phi) is 5.18. The van der Waals surface area contributed by atoms with E-state index in [1.807, 2.05) is 6.07 Å². The number of benzene rings is 4. The quantitative estimate of drug-likeness (QED) is 0.210. The number of rotatable bonds is 3. The van der Waals surface area contributed by atoms with E-state index < -0.39 is 0 Å². The van der Waals surface area contributed by atoms with Crippen molar-refractivity contribution in [1.29, 1.82) is 0 Å². The molecule has 40 heavy (non-hydrogen) atoms. The summed E-state index contributed by atoms with van der Waals surface area (Å²) in [5.74, 6) is 0.735. The highest BCUT2D eigenvalue weighted by Gasteiger charge is 2.44. The van der Waals surface area contributed by atoms with Gasteiger partial charge in [-0.1, -0.05) is 115 Å². The molecule has 2 atom stereocenters. The second-order valence-electron chi connectivity index (χ2n) is 11.5. The molecule has 5 aromatic rings. The highest BCUT2D eigenvalue weighted by molar-refractivity contribution is 9.10. The second-order valence-corrected chi connectivity index (χ2v) is 12.4. The van der Waals surface area contributed by atoms with Gasteiger partial charge in [-0.25, -0.2) is 0 Å². The first-order chi connectivity index (χ1) is 19.5. The van der Waals surface area contributed by atoms with E-state index in [-0.39, 0.29) is 5.41 Å². The Hall–Kier alpha value is -4.08. The maximum atomic E-state index is 6.58. The van der Waals surface area contributed by atoms with Gasteiger partial charge in [-0.2, -0.15) is 0 Å². The highest BCUT2D eigenvalue weighted by atomic mass is 79.9. The van der Waals surface area contributed by atoms with Crippen LogP contribution in [0.5, 0.6) is 0 Å². The molecular weight excluding hydrogens is 554 g/mol. The molecule has 194 valence electrons. The molecule has 1 heterocycles. The summed E-state index contributed by atoms with van der Waals surface area (Å²) in [6.45, 7) is 4.76. The summed E-state index contributed by atoms with van der Waals surface area (Å²) >= 11 is 3.93. The molecule has 0 radical (unpaired) electrons. The Morgan fingerprint density at radius 1 is 0.775 bits per heavy atom. The molecular formula is C37H28BrNO. The first kappa shape index (κ1) is 23.8. The molecule has 8 rings (SSSR count). The lowest BCUT2D eigenvalue weighted by Crippen LogP contribution is -2.22. The van der Waals surface area contributed by atoms with Crippen LogP contribution in [0.3, 0.4) is 0 Å². The molecule has 0 fully saturated rings. The molecule has 0 N–H and O–H groups in total. The van der Waals surface area contributed by atoms with Crippen molar-refractivity contribution in [2.45, 2.75) is 19.3 Å². The SMILES string of the molecule is CC1(C)C2=C(c3cc(Br)cc(N(c4ccccc4)c4cccc5c4oc4ccccc45)c31)C1C=CC=CC1C=C2. The molecule has 4 aromatic carbocycles. The standard InChI is InChI=1S/C37H28BrNO/c1-37(2)30-20-19-23-11-6-7-14-26(23)34(30)29-21-24(38)22-32(35(29)37)39(25-12-4-3-5-13-25)31-17-10-16-28-27-15-8-9-18-33(27)40-36(28)31/h3-23,26H,1-2H3. The molecule has 0 bridgehead atoms. The lowest BCUT2D eigenvalue weighted by Gasteiger charge is -2.33. The zero-order valence-corrected chi connectivity index (χ0v) is 24.0. The normalized spacial score (nSPS) is 20.2. The minimum atomic E-state index is -0.175. The fourth-order valence-corrected chi connectivity index (χ4v) is 7.56. The smallest absolute Gasteiger partial charge is 0.159 e. The summed E-state index contributed by atoms with van der Waals surface area (Å²) in [4.78, 5) is 2.40. The summed E-state index contributed by atoms with van der Waals surface area (Å²) < 4.78 is 7.66. The molecule has 0 saturated carbocycles. The number of hydrogen-bond acceptors (Lipinski definition) is 2. The van der Waals surface area contributed by atoms with Gasteiger partial charge in [0.25, 0.3) is 0 Å². The lowest BCUT2D eigenvalue weighted by atomic mass is 9.73. The van der Waals surface area contributed by atoms with Crippen LogP contribution in [-0.4, -0.2) is 0 Å². The van der Waals surface area contributed by atoms with Crippen molar-refractivity contribution in [3.8, 4) is 0 Å². The number of para-hydroxylation sites is 3. The van der Waals surface area contributed by atoms with Crippen molar-refractivity contribution >= 4 is 60.5 Å². The molecule has 2 nitrogen and oxygen atoms in total. The van der Waals surface area contributed by atoms with E-state index in [4.69, 9.17) is 4.42 Å². The van der Waals surface area contributed by atoms with E-state index in [1.165, 1.54) is 28.0 Å². The lowest BCUT2D eigenvalue weighted by molar-refractivity contribution is 0.628. The van der Waals surface area contributed by atoms with E-state index in [0.717, 1.165) is 37.8 Å². The third-order valence-corrected chi connectivity index (χ3v) is 9.29. The number of nitrogens with zero attached hydrogens (tertiary/aromatic N) is 1. The van der Waals surface area contributed by atoms with Gasteiger partial charge >= 0.3 is 0 Å². The largest absolute Gasteiger partial charge is 0.454 e. The highest BCUT2D eigenvalue weighted by Crippen LogP contribution is 2.58. The predicted molar refractivity (Wildman–Crippen MR) is 170 cm³/mol. The summed E-state index contributed by atoms with van der Waals surface area (Å²) in [7, 11) is 0. The van der Waals surface area contributed by atoms with Crippen molar-refractivity contribution < 1.29 is 4.42 Å². The van der Waals surface area contributed by atoms with Crippen LogP contribution in [0.15, 0.2) is 136 Å². The van der Waals surface area contributed by atoms with Crippen LogP contribution in [0.2, 0.25) is 0 Å². The van der Waals surface area contributed by atoms with Crippen LogP contribution >= 0.6 is 15.9 Å². The number of anilines is 3. The summed E-state index contributed by atoms with van der Waals surface area (Å²) in [6, 6.07) is 30.1. The average Bonchev–Trinajstić information content (AvgIpc) is 3.47. The Labute approximate surface area is 242 Å². The molecule has 0 aliphatic heterocycles. The second kappa shape index (κ2) is 8.71. The maximum absolute atomic E-state index is 6.58. The number of allylic oxidation sites excluding steroid dienone is 8. The summed E-state index contributed by atoms with van der Waals surface area (Å²) in [6.07, 6.45) is 13.8. The first-order valence-corrected chi connectivity index (χ1v) is 14.7. The topological polar surface area (TPSA) is 16.4 Å². The van der Waals surface area contributed by atoms with Crippen LogP contribution in [0, 0.1) is 11.8 Å². The fourth-order valence-electron chi connectivity index (χ4n) is 7.11. The summed E-state index contributed by atoms with van der Waals surface area (Å²) in [5, 5.41) is 2.26. The monoisotopic (exact) mass is 581 g/mol. The molecule has 0 spiro atoms. The van der Waals surface area contributed by atoms with Crippen molar-refractivity contribution in [3.05, 3.63) is 143 Å². The van der Waals surface area contributed by atoms with Crippen LogP contribution in [-0.2, 0) is 5.41 Å². The van der Waals surface area contributed by atoms with Crippen molar-refractivity contribution in [2.75, 3.05) is 4.90 Å². The number of fused-ring (bicyclic) bond motifs is 7. The van der Waals surface area contributed by atoms with Crippen LogP contribution in [0.4, 0.5) is 17.1 Å². The summed E-state index contributed by atoms with van der Waals surface area (Å²) in [5.41, 5.74) is 10.5. The van der Waals surface area contributed by atoms with E-state index in [2.05, 4.69) is 150 Å². The third-order valence-electron chi connectivity index (χ3n) is 8.84. The van der Waals surface area contributed by atoms with Gasteiger partial charge < -0.3 is 9.32 Å². The predicted octanol–water partition coefficient (Wildman–Crippen LogP) is 10.8. The first-order valence-electron chi connectivity index (χ1n) is 13.9. The van der Waals surface area contributed by atoms with E-state index in [1.54, 1.807) is 0 Å². The molecule has 2 unspecified atom stereocenters. The number of hydrogen-bond donors (Lipinski definition) is 0. The Bertz CT molecular complexity index is 1950. The van der Waals surface area contributed by atoms with Gasteiger partial charge in [0.15, 0.2) is 5.58 Å². The van der Waals surface area contributed by atoms with Gasteiger partial charge in [-0.15, -0.1) is 0 Å². The zero-order chi connectivity index (χ0) is 27.0. The Morgan fingerprint density at radius 2 is 1.55 bits per heavy atom. The Balaban J connectivity index is 1.43. The van der Waals surface area contributed by atoms with Gasteiger partial charge in [0.1, 0.15) is 5.58 Å². The van der Waals surface area contributed by atoms with Gasteiger partial charge in [0.2, 0.25) is 0 Å². The van der Waals surface area contributed by atoms with Gasteiger partial charge in [-0.05, 0) is 58.7 Å². The minimum Gasteiger partial charge on any atom is -0.454 e. The molecule has 1 aromatic heterocycles. The van der Waals surface area contributed by atoms with Crippen molar-refractivity contribution in [1.82, 2.24) is 0 Å². The number of halogens is 1. The van der Waals surface area contributed by atoms with Crippen LogP contribution in [0.1, 0.15) is 25.0 Å². The fraction of sp³-hybridized carbons (Fsp3) is 0.135. The maximum Gasteiger partial charge on any atom is 0.159 e. The third kappa shape index (κ3) is 3.34. The van der Waals surface area contributed by atoms with Crippen molar-refractivity contribution in [3.63, 3.8) is 0 Å². The molecule has 3 aliphatic rings. The molecule has 0 amide bonds. The van der Waals surface area contributed by atoms with E-state index in [9.17, 15) is 0 Å². The molecule has 3 aliphatic carbocycles. The van der Waals surface area contributed by atoms with Crippen LogP contribution < -0.4 is 4.90 Å².